The first kappa shape index (κ1) is 32.3. The van der Waals surface area contributed by atoms with E-state index in [1.807, 2.05) is 0 Å². The zero-order valence-electron chi connectivity index (χ0n) is 31.3. The van der Waals surface area contributed by atoms with Crippen molar-refractivity contribution >= 4 is 31.6 Å². The summed E-state index contributed by atoms with van der Waals surface area (Å²) >= 11 is 1.74. The van der Waals surface area contributed by atoms with Crippen molar-refractivity contribution in [2.75, 3.05) is 0 Å². The van der Waals surface area contributed by atoms with Gasteiger partial charge in [-0.05, 0) is 103 Å². The summed E-state index contributed by atoms with van der Waals surface area (Å²) in [6.45, 7) is 9.53. The van der Waals surface area contributed by atoms with Crippen molar-refractivity contribution in [3.8, 4) is 67.2 Å². The first-order chi connectivity index (χ1) is 26.8. The lowest BCUT2D eigenvalue weighted by Crippen LogP contribution is -2.17. The van der Waals surface area contributed by atoms with Crippen molar-refractivity contribution in [3.05, 3.63) is 180 Å². The zero-order valence-corrected chi connectivity index (χ0v) is 32.1. The lowest BCUT2D eigenvalue weighted by molar-refractivity contribution is 0.652. The van der Waals surface area contributed by atoms with Crippen molar-refractivity contribution in [1.82, 2.24) is 9.97 Å². The number of hydrogen-bond donors (Lipinski definition) is 0. The van der Waals surface area contributed by atoms with Gasteiger partial charge in [0.05, 0.1) is 5.69 Å². The van der Waals surface area contributed by atoms with Crippen LogP contribution in [0.4, 0.5) is 0 Å². The molecule has 2 aliphatic rings. The van der Waals surface area contributed by atoms with Crippen LogP contribution < -0.4 is 0 Å². The minimum absolute atomic E-state index is 0.0206. The number of thiophene rings is 1. The molecule has 0 spiro atoms. The fourth-order valence-electron chi connectivity index (χ4n) is 9.38. The van der Waals surface area contributed by atoms with Gasteiger partial charge in [-0.1, -0.05) is 149 Å². The minimum atomic E-state index is -0.114. The molecule has 0 amide bonds. The van der Waals surface area contributed by atoms with Crippen LogP contribution >= 0.6 is 11.3 Å². The number of nitrogens with zero attached hydrogens (tertiary/aromatic N) is 2. The van der Waals surface area contributed by atoms with Crippen LogP contribution in [0.25, 0.3) is 87.5 Å². The Hall–Kier alpha value is -6.16. The van der Waals surface area contributed by atoms with Crippen LogP contribution in [-0.4, -0.2) is 9.97 Å². The van der Waals surface area contributed by atoms with Crippen molar-refractivity contribution < 1.29 is 0 Å². The molecule has 0 unspecified atom stereocenters. The second kappa shape index (κ2) is 11.7. The molecule has 7 aromatic carbocycles. The molecule has 0 saturated carbocycles. The Morgan fingerprint density at radius 3 is 1.69 bits per heavy atom. The van der Waals surface area contributed by atoms with E-state index in [1.165, 1.54) is 71.3 Å². The SMILES string of the molecule is CC1(C)c2ccccc2-c2cc3c(cc21)-c1ccc(-c2cccc(-c4cccc(-c5nc(-c6ccccc6)c6c(n5)sc5ccccc56)c4)c2)cc1C3(C)C. The first-order valence-corrected chi connectivity index (χ1v) is 20.0. The van der Waals surface area contributed by atoms with Gasteiger partial charge >= 0.3 is 0 Å². The molecule has 0 atom stereocenters. The fourth-order valence-corrected chi connectivity index (χ4v) is 10.5. The quantitative estimate of drug-likeness (QED) is 0.181. The van der Waals surface area contributed by atoms with Crippen molar-refractivity contribution in [2.45, 2.75) is 38.5 Å². The molecule has 2 aromatic heterocycles. The normalized spacial score (nSPS) is 14.5. The van der Waals surface area contributed by atoms with Gasteiger partial charge in [-0.15, -0.1) is 11.3 Å². The summed E-state index contributed by atoms with van der Waals surface area (Å²) in [4.78, 5) is 11.5. The van der Waals surface area contributed by atoms with Crippen LogP contribution in [0.2, 0.25) is 0 Å². The zero-order chi connectivity index (χ0) is 37.1. The highest BCUT2D eigenvalue weighted by atomic mass is 32.1. The third-order valence-electron chi connectivity index (χ3n) is 12.3. The van der Waals surface area contributed by atoms with Crippen LogP contribution in [0.3, 0.4) is 0 Å². The molecule has 0 saturated heterocycles. The highest BCUT2D eigenvalue weighted by Crippen LogP contribution is 2.56. The topological polar surface area (TPSA) is 25.8 Å². The summed E-state index contributed by atoms with van der Waals surface area (Å²) in [5, 5.41) is 2.33. The van der Waals surface area contributed by atoms with E-state index < -0.39 is 0 Å². The molecule has 55 heavy (non-hydrogen) atoms. The fraction of sp³-hybridized carbons (Fsp3) is 0.115. The summed E-state index contributed by atoms with van der Waals surface area (Å²) in [6, 6.07) is 57.8. The van der Waals surface area contributed by atoms with Gasteiger partial charge in [0.2, 0.25) is 0 Å². The van der Waals surface area contributed by atoms with E-state index in [4.69, 9.17) is 9.97 Å². The molecule has 0 N–H and O–H groups in total. The molecule has 0 radical (unpaired) electrons. The lowest BCUT2D eigenvalue weighted by atomic mass is 9.79. The maximum Gasteiger partial charge on any atom is 0.161 e. The third-order valence-corrected chi connectivity index (χ3v) is 13.4. The third kappa shape index (κ3) is 4.79. The van der Waals surface area contributed by atoms with Crippen LogP contribution in [0.15, 0.2) is 158 Å². The molecule has 0 fully saturated rings. The van der Waals surface area contributed by atoms with Gasteiger partial charge in [-0.3, -0.25) is 0 Å². The summed E-state index contributed by atoms with van der Waals surface area (Å²) in [5.74, 6) is 0.745. The van der Waals surface area contributed by atoms with Gasteiger partial charge in [0.25, 0.3) is 0 Å². The molecule has 0 aliphatic heterocycles. The summed E-state index contributed by atoms with van der Waals surface area (Å²) in [7, 11) is 0. The number of hydrogen-bond acceptors (Lipinski definition) is 3. The van der Waals surface area contributed by atoms with Gasteiger partial charge in [-0.25, -0.2) is 9.97 Å². The number of rotatable bonds is 4. The predicted molar refractivity (Wildman–Crippen MR) is 232 cm³/mol. The second-order valence-corrected chi connectivity index (χ2v) is 17.2. The Bertz CT molecular complexity index is 3040. The largest absolute Gasteiger partial charge is 0.227 e. The Morgan fingerprint density at radius 1 is 0.400 bits per heavy atom. The van der Waals surface area contributed by atoms with Gasteiger partial charge < -0.3 is 0 Å². The molecule has 0 bridgehead atoms. The first-order valence-electron chi connectivity index (χ1n) is 19.2. The molecule has 262 valence electrons. The van der Waals surface area contributed by atoms with Crippen LogP contribution in [0.5, 0.6) is 0 Å². The lowest BCUT2D eigenvalue weighted by Gasteiger charge is -2.24. The molecule has 9 aromatic rings. The van der Waals surface area contributed by atoms with E-state index >= 15 is 0 Å². The van der Waals surface area contributed by atoms with Crippen molar-refractivity contribution in [3.63, 3.8) is 0 Å². The van der Waals surface area contributed by atoms with E-state index in [0.29, 0.717) is 0 Å². The number of aromatic nitrogens is 2. The van der Waals surface area contributed by atoms with Gasteiger partial charge in [0.1, 0.15) is 4.83 Å². The molecule has 2 nitrogen and oxygen atoms in total. The molecular formula is C52H38N2S. The second-order valence-electron chi connectivity index (χ2n) is 16.2. The minimum Gasteiger partial charge on any atom is -0.227 e. The maximum absolute atomic E-state index is 5.26. The Labute approximate surface area is 325 Å². The summed E-state index contributed by atoms with van der Waals surface area (Å²) in [6.07, 6.45) is 0. The number of fused-ring (bicyclic) bond motifs is 9. The summed E-state index contributed by atoms with van der Waals surface area (Å²) < 4.78 is 1.23. The maximum atomic E-state index is 5.26. The molecular weight excluding hydrogens is 685 g/mol. The van der Waals surface area contributed by atoms with Gasteiger partial charge in [-0.2, -0.15) is 0 Å². The standard InChI is InChI=1S/C52H38N2S/c1-51(2)42-22-10-8-20-37(42)40-29-45-41(30-44(40)51)38-25-24-35(28-43(38)52(45,3)4)33-17-12-16-32(26-33)34-18-13-19-36(27-34)49-53-48(31-14-6-5-7-15-31)47-39-21-9-11-23-46(39)55-50(47)54-49/h5-30H,1-4H3. The van der Waals surface area contributed by atoms with E-state index in [0.717, 1.165) is 38.4 Å². The molecule has 11 rings (SSSR count). The van der Waals surface area contributed by atoms with Crippen LogP contribution in [0, 0.1) is 0 Å². The number of benzene rings is 7. The Kier molecular flexibility index (Phi) is 6.85. The van der Waals surface area contributed by atoms with Gasteiger partial charge in [0, 0.05) is 37.4 Å². The predicted octanol–water partition coefficient (Wildman–Crippen LogP) is 14.1. The molecule has 3 heteroatoms. The average molecular weight is 723 g/mol. The highest BCUT2D eigenvalue weighted by molar-refractivity contribution is 7.25. The Balaban J connectivity index is 0.973. The highest BCUT2D eigenvalue weighted by Gasteiger charge is 2.41. The van der Waals surface area contributed by atoms with E-state index in [9.17, 15) is 0 Å². The summed E-state index contributed by atoms with van der Waals surface area (Å²) in [5.41, 5.74) is 18.9. The van der Waals surface area contributed by atoms with Crippen LogP contribution in [-0.2, 0) is 10.8 Å². The van der Waals surface area contributed by atoms with Crippen molar-refractivity contribution in [2.24, 2.45) is 0 Å². The van der Waals surface area contributed by atoms with Gasteiger partial charge in [0.15, 0.2) is 5.82 Å². The van der Waals surface area contributed by atoms with Crippen LogP contribution in [0.1, 0.15) is 49.9 Å². The van der Waals surface area contributed by atoms with E-state index in [2.05, 4.69) is 185 Å². The monoisotopic (exact) mass is 722 g/mol. The van der Waals surface area contributed by atoms with E-state index in [-0.39, 0.29) is 10.8 Å². The molecule has 2 heterocycles. The molecule has 2 aliphatic carbocycles. The van der Waals surface area contributed by atoms with E-state index in [1.54, 1.807) is 11.3 Å². The smallest absolute Gasteiger partial charge is 0.161 e. The Morgan fingerprint density at radius 2 is 0.945 bits per heavy atom. The average Bonchev–Trinajstić information content (AvgIpc) is 3.79. The van der Waals surface area contributed by atoms with Crippen molar-refractivity contribution in [1.29, 1.82) is 0 Å².